The van der Waals surface area contributed by atoms with Gasteiger partial charge in [0.15, 0.2) is 17.5 Å². The second-order valence-corrected chi connectivity index (χ2v) is 6.37. The molecule has 0 spiro atoms. The van der Waals surface area contributed by atoms with Crippen LogP contribution in [0.4, 0.5) is 5.69 Å². The number of furan rings is 1. The highest BCUT2D eigenvalue weighted by atomic mass is 127. The Morgan fingerprint density at radius 2 is 2.07 bits per heavy atom. The van der Waals surface area contributed by atoms with E-state index in [9.17, 15) is 0 Å². The Morgan fingerprint density at radius 3 is 2.75 bits per heavy atom. The van der Waals surface area contributed by atoms with Crippen LogP contribution in [-0.2, 0) is 11.2 Å². The summed E-state index contributed by atoms with van der Waals surface area (Å²) in [6.07, 6.45) is 3.53. The van der Waals surface area contributed by atoms with Crippen LogP contribution in [0.3, 0.4) is 0 Å². The van der Waals surface area contributed by atoms with Gasteiger partial charge >= 0.3 is 0 Å². The van der Waals surface area contributed by atoms with Gasteiger partial charge in [-0.1, -0.05) is 0 Å². The second kappa shape index (κ2) is 11.8. The number of methoxy groups -OCH3 is 2. The van der Waals surface area contributed by atoms with Gasteiger partial charge in [-0.05, 0) is 30.7 Å². The molecule has 0 bridgehead atoms. The first kappa shape index (κ1) is 22.4. The molecule has 2 N–H and O–H groups in total. The lowest BCUT2D eigenvalue weighted by atomic mass is 10.1. The molecule has 1 aliphatic rings. The summed E-state index contributed by atoms with van der Waals surface area (Å²) in [6.45, 7) is 3.04. The number of aliphatic imine (C=N–C) groups is 1. The molecule has 1 saturated heterocycles. The molecule has 2 aromatic rings. The van der Waals surface area contributed by atoms with Crippen LogP contribution in [0.5, 0.6) is 11.5 Å². The number of hydrogen-bond donors (Lipinski definition) is 2. The molecular weight excluding hydrogens is 473 g/mol. The minimum absolute atomic E-state index is 0. The van der Waals surface area contributed by atoms with Gasteiger partial charge in [0.05, 0.1) is 27.1 Å². The van der Waals surface area contributed by atoms with Gasteiger partial charge in [-0.25, -0.2) is 0 Å². The minimum Gasteiger partial charge on any atom is -0.493 e. The number of hydrogen-bond acceptors (Lipinski definition) is 5. The number of benzene rings is 1. The summed E-state index contributed by atoms with van der Waals surface area (Å²) in [7, 11) is 3.25. The van der Waals surface area contributed by atoms with Crippen LogP contribution in [0, 0.1) is 5.92 Å². The fraction of sp³-hybridized carbons (Fsp3) is 0.450. The molecular formula is C20H28IN3O4. The van der Waals surface area contributed by atoms with Crippen molar-refractivity contribution in [1.82, 2.24) is 5.32 Å². The molecule has 1 aromatic carbocycles. The predicted octanol–water partition coefficient (Wildman–Crippen LogP) is 3.55. The molecule has 0 saturated carbocycles. The molecule has 1 fully saturated rings. The Hall–Kier alpha value is -1.94. The van der Waals surface area contributed by atoms with Gasteiger partial charge in [0.1, 0.15) is 5.76 Å². The lowest BCUT2D eigenvalue weighted by Gasteiger charge is -2.15. The van der Waals surface area contributed by atoms with E-state index in [2.05, 4.69) is 10.6 Å². The van der Waals surface area contributed by atoms with Crippen LogP contribution in [-0.4, -0.2) is 46.5 Å². The summed E-state index contributed by atoms with van der Waals surface area (Å²) < 4.78 is 21.5. The van der Waals surface area contributed by atoms with Crippen LogP contribution in [0.15, 0.2) is 46.0 Å². The first-order valence-electron chi connectivity index (χ1n) is 9.16. The van der Waals surface area contributed by atoms with E-state index in [1.807, 2.05) is 30.3 Å². The summed E-state index contributed by atoms with van der Waals surface area (Å²) in [5, 5.41) is 6.70. The molecule has 1 aliphatic heterocycles. The molecule has 1 unspecified atom stereocenters. The van der Waals surface area contributed by atoms with Gasteiger partial charge in [0, 0.05) is 43.8 Å². The molecule has 0 amide bonds. The lowest BCUT2D eigenvalue weighted by molar-refractivity contribution is 0.187. The number of nitrogens with one attached hydrogen (secondary N) is 2. The molecule has 8 heteroatoms. The SMILES string of the molecule is COc1ccc(NC(=NCC2CCOC2)NCCc2ccco2)cc1OC.I. The summed E-state index contributed by atoms with van der Waals surface area (Å²) in [5.74, 6) is 3.49. The third-order valence-corrected chi connectivity index (χ3v) is 4.42. The standard InChI is InChI=1S/C20H27N3O4.HI/c1-24-18-6-5-16(12-19(18)25-2)23-20(22-13-15-8-11-26-14-15)21-9-7-17-4-3-10-27-17;/h3-6,10,12,15H,7-9,11,13-14H2,1-2H3,(H2,21,22,23);1H. The van der Waals surface area contributed by atoms with E-state index in [-0.39, 0.29) is 24.0 Å². The van der Waals surface area contributed by atoms with E-state index in [1.54, 1.807) is 20.5 Å². The van der Waals surface area contributed by atoms with Crippen LogP contribution in [0.1, 0.15) is 12.2 Å². The van der Waals surface area contributed by atoms with Gasteiger partial charge in [-0.3, -0.25) is 4.99 Å². The lowest BCUT2D eigenvalue weighted by Crippen LogP contribution is -2.33. The van der Waals surface area contributed by atoms with Crippen molar-refractivity contribution in [3.8, 4) is 11.5 Å². The van der Waals surface area contributed by atoms with Crippen molar-refractivity contribution in [3.05, 3.63) is 42.4 Å². The smallest absolute Gasteiger partial charge is 0.195 e. The number of halogens is 1. The van der Waals surface area contributed by atoms with Crippen LogP contribution < -0.4 is 20.1 Å². The van der Waals surface area contributed by atoms with Crippen molar-refractivity contribution in [1.29, 1.82) is 0 Å². The van der Waals surface area contributed by atoms with Crippen molar-refractivity contribution in [2.75, 3.05) is 45.8 Å². The molecule has 28 heavy (non-hydrogen) atoms. The van der Waals surface area contributed by atoms with Gasteiger partial charge in [0.2, 0.25) is 0 Å². The molecule has 154 valence electrons. The maximum atomic E-state index is 5.44. The van der Waals surface area contributed by atoms with Gasteiger partial charge in [0.25, 0.3) is 0 Å². The van der Waals surface area contributed by atoms with Gasteiger partial charge in [-0.2, -0.15) is 0 Å². The maximum Gasteiger partial charge on any atom is 0.195 e. The molecule has 2 heterocycles. The average molecular weight is 501 g/mol. The minimum atomic E-state index is 0. The third kappa shape index (κ3) is 6.59. The van der Waals surface area contributed by atoms with E-state index in [1.165, 1.54) is 0 Å². The van der Waals surface area contributed by atoms with E-state index >= 15 is 0 Å². The Morgan fingerprint density at radius 1 is 1.21 bits per heavy atom. The zero-order valence-corrected chi connectivity index (χ0v) is 18.6. The fourth-order valence-corrected chi connectivity index (χ4v) is 2.90. The van der Waals surface area contributed by atoms with E-state index in [4.69, 9.17) is 23.6 Å². The fourth-order valence-electron chi connectivity index (χ4n) is 2.90. The highest BCUT2D eigenvalue weighted by molar-refractivity contribution is 14.0. The molecule has 1 aromatic heterocycles. The Balaban J connectivity index is 0.00000280. The number of anilines is 1. The number of guanidine groups is 1. The quantitative estimate of drug-likeness (QED) is 0.328. The zero-order chi connectivity index (χ0) is 18.9. The largest absolute Gasteiger partial charge is 0.493 e. The van der Waals surface area contributed by atoms with Gasteiger partial charge < -0.3 is 29.3 Å². The first-order chi connectivity index (χ1) is 13.3. The maximum absolute atomic E-state index is 5.44. The van der Waals surface area contributed by atoms with E-state index in [0.717, 1.165) is 50.0 Å². The van der Waals surface area contributed by atoms with Gasteiger partial charge in [-0.15, -0.1) is 24.0 Å². The highest BCUT2D eigenvalue weighted by Gasteiger charge is 2.15. The van der Waals surface area contributed by atoms with E-state index in [0.29, 0.717) is 24.0 Å². The average Bonchev–Trinajstić information content (AvgIpc) is 3.40. The Bertz CT molecular complexity index is 731. The molecule has 7 nitrogen and oxygen atoms in total. The molecule has 0 aliphatic carbocycles. The molecule has 3 rings (SSSR count). The second-order valence-electron chi connectivity index (χ2n) is 6.37. The van der Waals surface area contributed by atoms with Crippen molar-refractivity contribution in [3.63, 3.8) is 0 Å². The summed E-state index contributed by atoms with van der Waals surface area (Å²) in [5.41, 5.74) is 0.875. The Kier molecular flexibility index (Phi) is 9.42. The topological polar surface area (TPSA) is 77.2 Å². The Labute approximate surface area is 182 Å². The number of ether oxygens (including phenoxy) is 3. The normalized spacial score (nSPS) is 16.4. The summed E-state index contributed by atoms with van der Waals surface area (Å²) in [4.78, 5) is 4.73. The van der Waals surface area contributed by atoms with E-state index < -0.39 is 0 Å². The zero-order valence-electron chi connectivity index (χ0n) is 16.3. The third-order valence-electron chi connectivity index (χ3n) is 4.42. The van der Waals surface area contributed by atoms with Crippen molar-refractivity contribution >= 4 is 35.6 Å². The van der Waals surface area contributed by atoms with Crippen LogP contribution in [0.25, 0.3) is 0 Å². The first-order valence-corrected chi connectivity index (χ1v) is 9.16. The monoisotopic (exact) mass is 501 g/mol. The van der Waals surface area contributed by atoms with Crippen LogP contribution >= 0.6 is 24.0 Å². The van der Waals surface area contributed by atoms with Crippen LogP contribution in [0.2, 0.25) is 0 Å². The molecule has 0 radical (unpaired) electrons. The summed E-state index contributed by atoms with van der Waals surface area (Å²) >= 11 is 0. The number of rotatable bonds is 8. The highest BCUT2D eigenvalue weighted by Crippen LogP contribution is 2.29. The van der Waals surface area contributed by atoms with Crippen molar-refractivity contribution in [2.24, 2.45) is 10.9 Å². The van der Waals surface area contributed by atoms with Crippen molar-refractivity contribution < 1.29 is 18.6 Å². The predicted molar refractivity (Wildman–Crippen MR) is 120 cm³/mol. The number of nitrogens with zero attached hydrogens (tertiary/aromatic N) is 1. The molecule has 1 atom stereocenters. The van der Waals surface area contributed by atoms with Crippen molar-refractivity contribution in [2.45, 2.75) is 12.8 Å². The summed E-state index contributed by atoms with van der Waals surface area (Å²) in [6, 6.07) is 9.56.